The van der Waals surface area contributed by atoms with E-state index >= 15 is 0 Å². The summed E-state index contributed by atoms with van der Waals surface area (Å²) < 4.78 is 7.30. The fraction of sp³-hybridized carbons (Fsp3) is 0.118. The van der Waals surface area contributed by atoms with E-state index in [4.69, 9.17) is 4.74 Å². The van der Waals surface area contributed by atoms with Crippen LogP contribution in [0.5, 0.6) is 11.6 Å². The Morgan fingerprint density at radius 1 is 1.13 bits per heavy atom. The van der Waals surface area contributed by atoms with Crippen molar-refractivity contribution in [3.05, 3.63) is 72.2 Å². The number of nitrogens with zero attached hydrogens (tertiary/aromatic N) is 3. The lowest BCUT2D eigenvalue weighted by molar-refractivity contribution is 0.0941. The molecule has 0 aliphatic rings. The van der Waals surface area contributed by atoms with Crippen LogP contribution in [-0.2, 0) is 13.6 Å². The largest absolute Gasteiger partial charge is 0.439 e. The Kier molecular flexibility index (Phi) is 4.33. The molecule has 6 heteroatoms. The highest BCUT2D eigenvalue weighted by Gasteiger charge is 2.11. The molecule has 2 heterocycles. The van der Waals surface area contributed by atoms with Crippen LogP contribution in [0.4, 0.5) is 0 Å². The molecule has 3 aromatic rings. The Labute approximate surface area is 133 Å². The number of nitrogens with one attached hydrogen (secondary N) is 1. The molecule has 0 aliphatic heterocycles. The molecule has 0 fully saturated rings. The van der Waals surface area contributed by atoms with Gasteiger partial charge in [0.05, 0.1) is 0 Å². The van der Waals surface area contributed by atoms with Crippen LogP contribution in [0.15, 0.2) is 60.9 Å². The number of para-hydroxylation sites is 1. The van der Waals surface area contributed by atoms with Gasteiger partial charge in [-0.2, -0.15) is 5.10 Å². The number of carbonyl (C=O) groups is 1. The van der Waals surface area contributed by atoms with Crippen LogP contribution < -0.4 is 10.1 Å². The third-order valence-corrected chi connectivity index (χ3v) is 3.30. The van der Waals surface area contributed by atoms with Crippen molar-refractivity contribution in [1.29, 1.82) is 0 Å². The predicted octanol–water partition coefficient (Wildman–Crippen LogP) is 2.54. The van der Waals surface area contributed by atoms with Crippen LogP contribution in [0, 0.1) is 0 Å². The molecule has 0 unspecified atom stereocenters. The third kappa shape index (κ3) is 3.55. The SMILES string of the molecule is Cn1nccc1C(=O)NCc1cccnc1Oc1ccccc1. The second-order valence-corrected chi connectivity index (χ2v) is 4.91. The van der Waals surface area contributed by atoms with E-state index in [2.05, 4.69) is 15.4 Å². The monoisotopic (exact) mass is 308 g/mol. The molecular formula is C17H16N4O2. The van der Waals surface area contributed by atoms with Crippen LogP contribution in [0.1, 0.15) is 16.1 Å². The van der Waals surface area contributed by atoms with Crippen LogP contribution in [-0.4, -0.2) is 20.7 Å². The van der Waals surface area contributed by atoms with Gasteiger partial charge < -0.3 is 10.1 Å². The zero-order chi connectivity index (χ0) is 16.1. The number of hydrogen-bond acceptors (Lipinski definition) is 4. The van der Waals surface area contributed by atoms with Crippen LogP contribution >= 0.6 is 0 Å². The molecule has 0 bridgehead atoms. The number of hydrogen-bond donors (Lipinski definition) is 1. The zero-order valence-electron chi connectivity index (χ0n) is 12.6. The molecule has 0 aliphatic carbocycles. The molecule has 116 valence electrons. The van der Waals surface area contributed by atoms with E-state index < -0.39 is 0 Å². The molecule has 0 saturated carbocycles. The maximum atomic E-state index is 12.1. The van der Waals surface area contributed by atoms with Crippen molar-refractivity contribution in [2.75, 3.05) is 0 Å². The number of amides is 1. The van der Waals surface area contributed by atoms with Gasteiger partial charge in [0.2, 0.25) is 5.88 Å². The van der Waals surface area contributed by atoms with Crippen molar-refractivity contribution in [3.63, 3.8) is 0 Å². The molecule has 1 N–H and O–H groups in total. The van der Waals surface area contributed by atoms with Gasteiger partial charge in [-0.05, 0) is 24.3 Å². The fourth-order valence-corrected chi connectivity index (χ4v) is 2.11. The number of aryl methyl sites for hydroxylation is 1. The quantitative estimate of drug-likeness (QED) is 0.786. The predicted molar refractivity (Wildman–Crippen MR) is 85.1 cm³/mol. The van der Waals surface area contributed by atoms with Crippen molar-refractivity contribution in [1.82, 2.24) is 20.1 Å². The molecule has 23 heavy (non-hydrogen) atoms. The summed E-state index contributed by atoms with van der Waals surface area (Å²) in [6.45, 7) is 0.319. The van der Waals surface area contributed by atoms with E-state index in [1.54, 1.807) is 25.5 Å². The van der Waals surface area contributed by atoms with E-state index in [-0.39, 0.29) is 5.91 Å². The van der Waals surface area contributed by atoms with Gasteiger partial charge in [-0.15, -0.1) is 0 Å². The van der Waals surface area contributed by atoms with Gasteiger partial charge in [0, 0.05) is 31.5 Å². The summed E-state index contributed by atoms with van der Waals surface area (Å²) in [5.41, 5.74) is 1.30. The lowest BCUT2D eigenvalue weighted by Gasteiger charge is -2.10. The minimum Gasteiger partial charge on any atom is -0.439 e. The van der Waals surface area contributed by atoms with Gasteiger partial charge in [-0.1, -0.05) is 24.3 Å². The highest BCUT2D eigenvalue weighted by molar-refractivity contribution is 5.92. The minimum absolute atomic E-state index is 0.195. The Morgan fingerprint density at radius 2 is 1.96 bits per heavy atom. The number of carbonyl (C=O) groups excluding carboxylic acids is 1. The Hall–Kier alpha value is -3.15. The minimum atomic E-state index is -0.195. The maximum Gasteiger partial charge on any atom is 0.269 e. The maximum absolute atomic E-state index is 12.1. The summed E-state index contributed by atoms with van der Waals surface area (Å²) in [7, 11) is 1.73. The smallest absolute Gasteiger partial charge is 0.269 e. The summed E-state index contributed by atoms with van der Waals surface area (Å²) in [6.07, 6.45) is 3.24. The Balaban J connectivity index is 1.71. The highest BCUT2D eigenvalue weighted by Crippen LogP contribution is 2.22. The number of aromatic nitrogens is 3. The number of rotatable bonds is 5. The second kappa shape index (κ2) is 6.74. The lowest BCUT2D eigenvalue weighted by Crippen LogP contribution is -2.25. The third-order valence-electron chi connectivity index (χ3n) is 3.30. The molecule has 0 atom stereocenters. The number of benzene rings is 1. The van der Waals surface area contributed by atoms with Crippen molar-refractivity contribution in [2.45, 2.75) is 6.54 Å². The number of pyridine rings is 1. The van der Waals surface area contributed by atoms with Gasteiger partial charge >= 0.3 is 0 Å². The van der Waals surface area contributed by atoms with Gasteiger partial charge in [0.15, 0.2) is 0 Å². The molecule has 0 radical (unpaired) electrons. The summed E-state index contributed by atoms with van der Waals surface area (Å²) in [5.74, 6) is 0.980. The summed E-state index contributed by atoms with van der Waals surface area (Å²) in [6, 6.07) is 14.8. The highest BCUT2D eigenvalue weighted by atomic mass is 16.5. The van der Waals surface area contributed by atoms with Crippen molar-refractivity contribution in [3.8, 4) is 11.6 Å². The topological polar surface area (TPSA) is 69.0 Å². The van der Waals surface area contributed by atoms with Crippen LogP contribution in [0.3, 0.4) is 0 Å². The first-order valence-corrected chi connectivity index (χ1v) is 7.17. The molecule has 1 amide bonds. The van der Waals surface area contributed by atoms with Crippen molar-refractivity contribution >= 4 is 5.91 Å². The molecule has 6 nitrogen and oxygen atoms in total. The van der Waals surface area contributed by atoms with Gasteiger partial charge in [0.25, 0.3) is 5.91 Å². The fourth-order valence-electron chi connectivity index (χ4n) is 2.11. The van der Waals surface area contributed by atoms with Crippen molar-refractivity contribution < 1.29 is 9.53 Å². The van der Waals surface area contributed by atoms with E-state index in [0.717, 1.165) is 5.56 Å². The summed E-state index contributed by atoms with van der Waals surface area (Å²) in [5, 5.41) is 6.83. The lowest BCUT2D eigenvalue weighted by atomic mass is 10.2. The van der Waals surface area contributed by atoms with E-state index in [0.29, 0.717) is 23.9 Å². The van der Waals surface area contributed by atoms with Gasteiger partial charge in [-0.3, -0.25) is 9.48 Å². The average molecular weight is 308 g/mol. The molecular weight excluding hydrogens is 292 g/mol. The average Bonchev–Trinajstić information content (AvgIpc) is 3.01. The first-order chi connectivity index (χ1) is 11.2. The Morgan fingerprint density at radius 3 is 2.70 bits per heavy atom. The van der Waals surface area contributed by atoms with Gasteiger partial charge in [-0.25, -0.2) is 4.98 Å². The molecule has 3 rings (SSSR count). The molecule has 0 saturated heterocycles. The summed E-state index contributed by atoms with van der Waals surface area (Å²) >= 11 is 0. The number of ether oxygens (including phenoxy) is 1. The van der Waals surface area contributed by atoms with Crippen molar-refractivity contribution in [2.24, 2.45) is 7.05 Å². The van der Waals surface area contributed by atoms with Crippen LogP contribution in [0.2, 0.25) is 0 Å². The van der Waals surface area contributed by atoms with E-state index in [9.17, 15) is 4.79 Å². The molecule has 2 aromatic heterocycles. The standard InChI is InChI=1S/C17H16N4O2/c1-21-15(9-11-20-21)16(22)19-12-13-6-5-10-18-17(13)23-14-7-3-2-4-8-14/h2-11H,12H2,1H3,(H,19,22). The first-order valence-electron chi connectivity index (χ1n) is 7.17. The molecule has 0 spiro atoms. The Bertz CT molecular complexity index is 799. The molecule has 1 aromatic carbocycles. The van der Waals surface area contributed by atoms with Gasteiger partial charge in [0.1, 0.15) is 11.4 Å². The zero-order valence-corrected chi connectivity index (χ0v) is 12.6. The summed E-state index contributed by atoms with van der Waals surface area (Å²) in [4.78, 5) is 16.4. The second-order valence-electron chi connectivity index (χ2n) is 4.91. The normalized spacial score (nSPS) is 10.3. The van der Waals surface area contributed by atoms with E-state index in [1.807, 2.05) is 42.5 Å². The first kappa shape index (κ1) is 14.8. The van der Waals surface area contributed by atoms with Crippen LogP contribution in [0.25, 0.3) is 0 Å². The van der Waals surface area contributed by atoms with E-state index in [1.165, 1.54) is 4.68 Å².